The summed E-state index contributed by atoms with van der Waals surface area (Å²) in [4.78, 5) is 4.31. The van der Waals surface area contributed by atoms with Gasteiger partial charge in [0.25, 0.3) is 0 Å². The zero-order chi connectivity index (χ0) is 18.4. The van der Waals surface area contributed by atoms with Crippen LogP contribution >= 0.6 is 0 Å². The highest BCUT2D eigenvalue weighted by Crippen LogP contribution is 2.25. The minimum absolute atomic E-state index is 0.202. The molecular weight excluding hydrogens is 332 g/mol. The summed E-state index contributed by atoms with van der Waals surface area (Å²) >= 11 is 0. The molecule has 0 saturated carbocycles. The number of halogens is 2. The second-order valence-corrected chi connectivity index (χ2v) is 6.04. The zero-order valence-electron chi connectivity index (χ0n) is 14.6. The Morgan fingerprint density at radius 1 is 1.00 bits per heavy atom. The van der Waals surface area contributed by atoms with Gasteiger partial charge in [-0.25, -0.2) is 13.8 Å². The Balaban J connectivity index is 1.71. The maximum atomic E-state index is 13.9. The molecule has 0 atom stereocenters. The first kappa shape index (κ1) is 18.0. The fourth-order valence-electron chi connectivity index (χ4n) is 2.67. The second kappa shape index (κ2) is 8.54. The van der Waals surface area contributed by atoms with Gasteiger partial charge in [-0.1, -0.05) is 31.2 Å². The van der Waals surface area contributed by atoms with Crippen LogP contribution in [0.3, 0.4) is 0 Å². The van der Waals surface area contributed by atoms with E-state index in [9.17, 15) is 8.78 Å². The number of aromatic nitrogens is 1. The average molecular weight is 353 g/mol. The first-order chi connectivity index (χ1) is 12.7. The van der Waals surface area contributed by atoms with E-state index in [4.69, 9.17) is 0 Å². The van der Waals surface area contributed by atoms with Crippen molar-refractivity contribution in [2.24, 2.45) is 0 Å². The summed E-state index contributed by atoms with van der Waals surface area (Å²) in [5, 5.41) is 6.60. The molecule has 0 amide bonds. The summed E-state index contributed by atoms with van der Waals surface area (Å²) in [5.41, 5.74) is 2.85. The van der Waals surface area contributed by atoms with Gasteiger partial charge in [0.05, 0.1) is 0 Å². The SMILES string of the molecule is CCCNCc1cccc(Nc2ccc(-c3cccc(F)c3F)cn2)c1. The van der Waals surface area contributed by atoms with Gasteiger partial charge < -0.3 is 10.6 Å². The first-order valence-electron chi connectivity index (χ1n) is 8.64. The Hall–Kier alpha value is -2.79. The van der Waals surface area contributed by atoms with Gasteiger partial charge in [-0.05, 0) is 48.9 Å². The van der Waals surface area contributed by atoms with Crippen LogP contribution in [0.25, 0.3) is 11.1 Å². The molecule has 26 heavy (non-hydrogen) atoms. The van der Waals surface area contributed by atoms with Gasteiger partial charge in [0.1, 0.15) is 5.82 Å². The molecule has 0 saturated heterocycles. The van der Waals surface area contributed by atoms with Crippen LogP contribution in [0.4, 0.5) is 20.3 Å². The lowest BCUT2D eigenvalue weighted by atomic mass is 10.1. The summed E-state index contributed by atoms with van der Waals surface area (Å²) in [6, 6.07) is 15.7. The van der Waals surface area contributed by atoms with Crippen molar-refractivity contribution in [1.82, 2.24) is 10.3 Å². The van der Waals surface area contributed by atoms with Crippen LogP contribution in [0.2, 0.25) is 0 Å². The Morgan fingerprint density at radius 2 is 1.85 bits per heavy atom. The zero-order valence-corrected chi connectivity index (χ0v) is 14.6. The van der Waals surface area contributed by atoms with Crippen LogP contribution in [-0.2, 0) is 6.54 Å². The van der Waals surface area contributed by atoms with Crippen molar-refractivity contribution < 1.29 is 8.78 Å². The highest BCUT2D eigenvalue weighted by molar-refractivity contribution is 5.66. The Labute approximate surface area is 152 Å². The van der Waals surface area contributed by atoms with Gasteiger partial charge in [-0.3, -0.25) is 0 Å². The Bertz CT molecular complexity index is 863. The van der Waals surface area contributed by atoms with Crippen molar-refractivity contribution in [3.8, 4) is 11.1 Å². The smallest absolute Gasteiger partial charge is 0.166 e. The Kier molecular flexibility index (Phi) is 5.92. The monoisotopic (exact) mass is 353 g/mol. The molecule has 3 rings (SSSR count). The highest BCUT2D eigenvalue weighted by atomic mass is 19.2. The first-order valence-corrected chi connectivity index (χ1v) is 8.64. The summed E-state index contributed by atoms with van der Waals surface area (Å²) in [7, 11) is 0. The van der Waals surface area contributed by atoms with E-state index in [0.29, 0.717) is 11.4 Å². The number of nitrogens with one attached hydrogen (secondary N) is 2. The summed E-state index contributed by atoms with van der Waals surface area (Å²) in [6.07, 6.45) is 2.63. The maximum absolute atomic E-state index is 13.9. The molecule has 0 aliphatic rings. The van der Waals surface area contributed by atoms with Crippen LogP contribution in [0.1, 0.15) is 18.9 Å². The van der Waals surface area contributed by atoms with Crippen LogP contribution in [0, 0.1) is 11.6 Å². The third-order valence-corrected chi connectivity index (χ3v) is 3.98. The van der Waals surface area contributed by atoms with Crippen LogP contribution in [0.15, 0.2) is 60.8 Å². The minimum atomic E-state index is -0.863. The number of pyridine rings is 1. The molecule has 0 bridgehead atoms. The van der Waals surface area contributed by atoms with E-state index in [2.05, 4.69) is 34.7 Å². The molecule has 2 N–H and O–H groups in total. The summed E-state index contributed by atoms with van der Waals surface area (Å²) in [5.74, 6) is -1.08. The number of benzene rings is 2. The van der Waals surface area contributed by atoms with Crippen LogP contribution in [0.5, 0.6) is 0 Å². The van der Waals surface area contributed by atoms with Crippen molar-refractivity contribution >= 4 is 11.5 Å². The van der Waals surface area contributed by atoms with E-state index in [1.807, 2.05) is 12.1 Å². The van der Waals surface area contributed by atoms with Crippen molar-refractivity contribution in [2.75, 3.05) is 11.9 Å². The van der Waals surface area contributed by atoms with E-state index >= 15 is 0 Å². The Morgan fingerprint density at radius 3 is 2.62 bits per heavy atom. The quantitative estimate of drug-likeness (QED) is 0.568. The number of rotatable bonds is 7. The van der Waals surface area contributed by atoms with E-state index in [1.165, 1.54) is 23.9 Å². The van der Waals surface area contributed by atoms with Crippen molar-refractivity contribution in [2.45, 2.75) is 19.9 Å². The van der Waals surface area contributed by atoms with E-state index in [-0.39, 0.29) is 5.56 Å². The molecule has 0 unspecified atom stereocenters. The lowest BCUT2D eigenvalue weighted by Gasteiger charge is -2.10. The van der Waals surface area contributed by atoms with Crippen molar-refractivity contribution in [3.05, 3.63) is 78.0 Å². The van der Waals surface area contributed by atoms with Gasteiger partial charge in [-0.2, -0.15) is 0 Å². The normalized spacial score (nSPS) is 10.7. The number of nitrogens with zero attached hydrogens (tertiary/aromatic N) is 1. The predicted octanol–water partition coefficient (Wildman–Crippen LogP) is 5.27. The largest absolute Gasteiger partial charge is 0.340 e. The molecule has 2 aromatic carbocycles. The molecule has 0 spiro atoms. The fourth-order valence-corrected chi connectivity index (χ4v) is 2.67. The molecule has 5 heteroatoms. The summed E-state index contributed by atoms with van der Waals surface area (Å²) < 4.78 is 27.3. The fraction of sp³-hybridized carbons (Fsp3) is 0.190. The third-order valence-electron chi connectivity index (χ3n) is 3.98. The number of anilines is 2. The number of hydrogen-bond acceptors (Lipinski definition) is 3. The van der Waals surface area contributed by atoms with Crippen molar-refractivity contribution in [1.29, 1.82) is 0 Å². The minimum Gasteiger partial charge on any atom is -0.340 e. The molecule has 0 radical (unpaired) electrons. The molecule has 0 aliphatic heterocycles. The lowest BCUT2D eigenvalue weighted by molar-refractivity contribution is 0.511. The lowest BCUT2D eigenvalue weighted by Crippen LogP contribution is -2.13. The van der Waals surface area contributed by atoms with Gasteiger partial charge in [0.2, 0.25) is 0 Å². The van der Waals surface area contributed by atoms with Gasteiger partial charge in [0, 0.05) is 29.6 Å². The topological polar surface area (TPSA) is 37.0 Å². The standard InChI is InChI=1S/C21H21F2N3/c1-2-11-24-13-15-5-3-6-17(12-15)26-20-10-9-16(14-25-20)18-7-4-8-19(22)21(18)23/h3-10,12,14,24H,2,11,13H2,1H3,(H,25,26). The summed E-state index contributed by atoms with van der Waals surface area (Å²) in [6.45, 7) is 3.93. The second-order valence-electron chi connectivity index (χ2n) is 6.04. The molecule has 0 fully saturated rings. The molecular formula is C21H21F2N3. The molecule has 1 heterocycles. The van der Waals surface area contributed by atoms with Crippen molar-refractivity contribution in [3.63, 3.8) is 0 Å². The van der Waals surface area contributed by atoms with Gasteiger partial charge in [0.15, 0.2) is 11.6 Å². The molecule has 1 aromatic heterocycles. The molecule has 3 nitrogen and oxygen atoms in total. The van der Waals surface area contributed by atoms with E-state index in [0.717, 1.165) is 31.3 Å². The number of hydrogen-bond donors (Lipinski definition) is 2. The van der Waals surface area contributed by atoms with Gasteiger partial charge >= 0.3 is 0 Å². The molecule has 0 aliphatic carbocycles. The van der Waals surface area contributed by atoms with E-state index < -0.39 is 11.6 Å². The predicted molar refractivity (Wildman–Crippen MR) is 101 cm³/mol. The van der Waals surface area contributed by atoms with Crippen LogP contribution < -0.4 is 10.6 Å². The third kappa shape index (κ3) is 4.43. The highest BCUT2D eigenvalue weighted by Gasteiger charge is 2.10. The molecule has 3 aromatic rings. The molecule has 134 valence electrons. The van der Waals surface area contributed by atoms with E-state index in [1.54, 1.807) is 12.1 Å². The maximum Gasteiger partial charge on any atom is 0.166 e. The average Bonchev–Trinajstić information content (AvgIpc) is 2.65. The van der Waals surface area contributed by atoms with Crippen LogP contribution in [-0.4, -0.2) is 11.5 Å². The van der Waals surface area contributed by atoms with Gasteiger partial charge in [-0.15, -0.1) is 0 Å².